The van der Waals surface area contributed by atoms with E-state index in [2.05, 4.69) is 4.98 Å². The summed E-state index contributed by atoms with van der Waals surface area (Å²) in [5.74, 6) is -0.296. The molecule has 0 aliphatic carbocycles. The Hall–Kier alpha value is -3.45. The van der Waals surface area contributed by atoms with E-state index in [1.807, 2.05) is 0 Å². The first kappa shape index (κ1) is 21.8. The molecule has 0 saturated heterocycles. The van der Waals surface area contributed by atoms with Crippen molar-refractivity contribution in [3.63, 3.8) is 0 Å². The quantitative estimate of drug-likeness (QED) is 0.364. The monoisotopic (exact) mass is 440 g/mol. The summed E-state index contributed by atoms with van der Waals surface area (Å²) in [4.78, 5) is 4.36. The largest absolute Gasteiger partial charge is 0.417 e. The molecule has 0 saturated carbocycles. The number of hydrogen-bond donors (Lipinski definition) is 1. The first-order chi connectivity index (χ1) is 15.0. The van der Waals surface area contributed by atoms with Gasteiger partial charge in [-0.2, -0.15) is 13.2 Å². The van der Waals surface area contributed by atoms with Gasteiger partial charge in [-0.3, -0.25) is 4.57 Å². The van der Waals surface area contributed by atoms with Crippen molar-refractivity contribution in [1.29, 1.82) is 0 Å². The second-order valence-corrected chi connectivity index (χ2v) is 7.98. The highest BCUT2D eigenvalue weighted by molar-refractivity contribution is 5.67. The molecule has 7 heteroatoms. The highest BCUT2D eigenvalue weighted by Crippen LogP contribution is 2.38. The lowest BCUT2D eigenvalue weighted by Crippen LogP contribution is -2.15. The van der Waals surface area contributed by atoms with Crippen LogP contribution in [-0.4, -0.2) is 14.7 Å². The van der Waals surface area contributed by atoms with E-state index in [-0.39, 0.29) is 22.9 Å². The average Bonchev–Trinajstić information content (AvgIpc) is 3.19. The number of alkyl halides is 3. The summed E-state index contributed by atoms with van der Waals surface area (Å²) in [6, 6.07) is 18.3. The summed E-state index contributed by atoms with van der Waals surface area (Å²) in [6.45, 7) is 3.04. The summed E-state index contributed by atoms with van der Waals surface area (Å²) >= 11 is 0. The normalized spacial score (nSPS) is 12.2. The zero-order chi connectivity index (χ0) is 23.1. The number of aromatic nitrogens is 2. The average molecular weight is 440 g/mol. The van der Waals surface area contributed by atoms with Crippen LogP contribution in [0.2, 0.25) is 0 Å². The molecule has 0 bridgehead atoms. The summed E-state index contributed by atoms with van der Waals surface area (Å²) < 4.78 is 56.1. The van der Waals surface area contributed by atoms with E-state index in [1.54, 1.807) is 36.4 Å². The minimum absolute atomic E-state index is 0.0635. The van der Waals surface area contributed by atoms with E-state index >= 15 is 0 Å². The van der Waals surface area contributed by atoms with Crippen molar-refractivity contribution in [3.05, 3.63) is 96.1 Å². The van der Waals surface area contributed by atoms with Gasteiger partial charge in [0.2, 0.25) is 0 Å². The van der Waals surface area contributed by atoms with Crippen LogP contribution in [0, 0.1) is 5.82 Å². The van der Waals surface area contributed by atoms with Crippen molar-refractivity contribution in [2.75, 3.05) is 0 Å². The summed E-state index contributed by atoms with van der Waals surface area (Å²) in [5.41, 5.74) is -0.0290. The third-order valence-corrected chi connectivity index (χ3v) is 5.11. The minimum Gasteiger partial charge on any atom is -0.384 e. The summed E-state index contributed by atoms with van der Waals surface area (Å²) in [5, 5.41) is 10.4. The molecule has 4 rings (SSSR count). The van der Waals surface area contributed by atoms with E-state index in [4.69, 9.17) is 0 Å². The Morgan fingerprint density at radius 3 is 2.16 bits per heavy atom. The first-order valence-corrected chi connectivity index (χ1v) is 9.89. The molecule has 0 atom stereocenters. The number of halogens is 4. The molecule has 0 aliphatic heterocycles. The van der Waals surface area contributed by atoms with Gasteiger partial charge in [0.05, 0.1) is 11.3 Å². The van der Waals surface area contributed by atoms with Gasteiger partial charge in [-0.05, 0) is 55.3 Å². The minimum atomic E-state index is -4.57. The van der Waals surface area contributed by atoms with Gasteiger partial charge < -0.3 is 5.11 Å². The number of nitrogens with zero attached hydrogens (tertiary/aromatic N) is 2. The van der Waals surface area contributed by atoms with Crippen LogP contribution in [0.25, 0.3) is 28.2 Å². The lowest BCUT2D eigenvalue weighted by Gasteiger charge is -2.14. The fourth-order valence-corrected chi connectivity index (χ4v) is 3.47. The number of hydrogen-bond acceptors (Lipinski definition) is 2. The second kappa shape index (κ2) is 7.91. The molecule has 1 N–H and O–H groups in total. The first-order valence-electron chi connectivity index (χ1n) is 9.89. The van der Waals surface area contributed by atoms with Crippen LogP contribution < -0.4 is 0 Å². The van der Waals surface area contributed by atoms with Crippen molar-refractivity contribution in [2.45, 2.75) is 25.6 Å². The molecule has 164 valence electrons. The van der Waals surface area contributed by atoms with Crippen LogP contribution in [0.1, 0.15) is 25.1 Å². The molecule has 0 unspecified atom stereocenters. The maximum Gasteiger partial charge on any atom is 0.417 e. The number of rotatable bonds is 4. The Labute approximate surface area is 182 Å². The lowest BCUT2D eigenvalue weighted by atomic mass is 10.0. The van der Waals surface area contributed by atoms with Gasteiger partial charge in [0.25, 0.3) is 0 Å². The van der Waals surface area contributed by atoms with E-state index in [0.717, 1.165) is 11.6 Å². The Morgan fingerprint density at radius 2 is 1.53 bits per heavy atom. The molecule has 1 aromatic heterocycles. The fraction of sp³-hybridized carbons (Fsp3) is 0.160. The highest BCUT2D eigenvalue weighted by Gasteiger charge is 2.35. The molecule has 0 amide bonds. The predicted molar refractivity (Wildman–Crippen MR) is 115 cm³/mol. The molecule has 32 heavy (non-hydrogen) atoms. The van der Waals surface area contributed by atoms with Crippen LogP contribution in [-0.2, 0) is 11.8 Å². The van der Waals surface area contributed by atoms with E-state index in [0.29, 0.717) is 11.3 Å². The van der Waals surface area contributed by atoms with E-state index in [9.17, 15) is 22.7 Å². The molecule has 3 aromatic carbocycles. The van der Waals surface area contributed by atoms with Gasteiger partial charge in [-0.1, -0.05) is 42.5 Å². The predicted octanol–water partition coefficient (Wildman–Crippen LogP) is 6.59. The highest BCUT2D eigenvalue weighted by atomic mass is 19.4. The Kier molecular flexibility index (Phi) is 5.38. The maximum absolute atomic E-state index is 13.7. The molecular weight excluding hydrogens is 420 g/mol. The molecule has 0 fully saturated rings. The maximum atomic E-state index is 13.7. The van der Waals surface area contributed by atoms with Crippen molar-refractivity contribution >= 4 is 0 Å². The van der Waals surface area contributed by atoms with Gasteiger partial charge in [0, 0.05) is 17.4 Å². The van der Waals surface area contributed by atoms with E-state index in [1.165, 1.54) is 54.9 Å². The number of aliphatic hydroxyl groups is 1. The zero-order valence-corrected chi connectivity index (χ0v) is 17.4. The molecule has 1 heterocycles. The smallest absolute Gasteiger partial charge is 0.384 e. The standard InChI is InChI=1S/C25H20F4N2O/c1-24(2,32)22-15-31(23(30-22)20-8-3-4-9-21(20)25(27,28)29)19-12-10-16(11-13-19)17-6-5-7-18(26)14-17/h3-15,32H,1-2H3. The van der Waals surface area contributed by atoms with E-state index < -0.39 is 17.3 Å². The van der Waals surface area contributed by atoms with Crippen molar-refractivity contribution in [1.82, 2.24) is 9.55 Å². The lowest BCUT2D eigenvalue weighted by molar-refractivity contribution is -0.137. The van der Waals surface area contributed by atoms with Crippen molar-refractivity contribution in [2.24, 2.45) is 0 Å². The molecule has 0 radical (unpaired) electrons. The fourth-order valence-electron chi connectivity index (χ4n) is 3.47. The van der Waals surface area contributed by atoms with Crippen LogP contribution in [0.4, 0.5) is 17.6 Å². The van der Waals surface area contributed by atoms with Crippen LogP contribution >= 0.6 is 0 Å². The third-order valence-electron chi connectivity index (χ3n) is 5.11. The Balaban J connectivity index is 1.86. The van der Waals surface area contributed by atoms with Crippen molar-refractivity contribution < 1.29 is 22.7 Å². The van der Waals surface area contributed by atoms with Crippen LogP contribution in [0.3, 0.4) is 0 Å². The molecule has 0 spiro atoms. The topological polar surface area (TPSA) is 38.0 Å². The number of imidazole rings is 1. The van der Waals surface area contributed by atoms with Gasteiger partial charge in [-0.15, -0.1) is 0 Å². The van der Waals surface area contributed by atoms with Gasteiger partial charge in [-0.25, -0.2) is 9.37 Å². The third kappa shape index (κ3) is 4.29. The molecule has 4 aromatic rings. The Bertz CT molecular complexity index is 1250. The van der Waals surface area contributed by atoms with Crippen LogP contribution in [0.15, 0.2) is 79.0 Å². The second-order valence-electron chi connectivity index (χ2n) is 7.98. The number of benzene rings is 3. The van der Waals surface area contributed by atoms with Crippen molar-refractivity contribution in [3.8, 4) is 28.2 Å². The summed E-state index contributed by atoms with van der Waals surface area (Å²) in [7, 11) is 0. The zero-order valence-electron chi connectivity index (χ0n) is 17.4. The van der Waals surface area contributed by atoms with Gasteiger partial charge >= 0.3 is 6.18 Å². The molecule has 0 aliphatic rings. The van der Waals surface area contributed by atoms with Gasteiger partial charge in [0.15, 0.2) is 0 Å². The van der Waals surface area contributed by atoms with Gasteiger partial charge in [0.1, 0.15) is 17.2 Å². The summed E-state index contributed by atoms with van der Waals surface area (Å²) in [6.07, 6.45) is -3.04. The molecular formula is C25H20F4N2O. The van der Waals surface area contributed by atoms with Crippen LogP contribution in [0.5, 0.6) is 0 Å². The SMILES string of the molecule is CC(C)(O)c1cn(-c2ccc(-c3cccc(F)c3)cc2)c(-c2ccccc2C(F)(F)F)n1. The Morgan fingerprint density at radius 1 is 0.844 bits per heavy atom. The molecule has 3 nitrogen and oxygen atoms in total.